The average molecular weight is 316 g/mol. The number of carbonyl (C=O) groups is 1. The lowest BCUT2D eigenvalue weighted by molar-refractivity contribution is -0.123. The molecular formula is C18H24N2O3. The van der Waals surface area contributed by atoms with Gasteiger partial charge in [0, 0.05) is 11.5 Å². The molecule has 0 heterocycles. The van der Waals surface area contributed by atoms with E-state index in [2.05, 4.69) is 17.5 Å². The monoisotopic (exact) mass is 316 g/mol. The largest absolute Gasteiger partial charge is 0.497 e. The molecule has 0 unspecified atom stereocenters. The van der Waals surface area contributed by atoms with Gasteiger partial charge in [-0.2, -0.15) is 5.10 Å². The van der Waals surface area contributed by atoms with Crippen LogP contribution in [0.3, 0.4) is 0 Å². The number of hydrazone groups is 1. The van der Waals surface area contributed by atoms with Gasteiger partial charge in [-0.3, -0.25) is 4.79 Å². The number of methoxy groups -OCH3 is 2. The lowest BCUT2D eigenvalue weighted by Crippen LogP contribution is -2.22. The number of carbonyl (C=O) groups excluding carboxylic acids is 1. The molecule has 1 N–H and O–H groups in total. The molecule has 2 aliphatic rings. The molecule has 0 aromatic heterocycles. The summed E-state index contributed by atoms with van der Waals surface area (Å²) in [6, 6.07) is 5.47. The SMILES string of the molecule is COc1ccc(OC)c(/C=N\NC(=O)[C@@H]2[C@@H]3CCCC[C@]23C)c1. The maximum absolute atomic E-state index is 12.4. The minimum Gasteiger partial charge on any atom is -0.497 e. The van der Waals surface area contributed by atoms with E-state index in [0.29, 0.717) is 11.7 Å². The van der Waals surface area contributed by atoms with E-state index in [4.69, 9.17) is 9.47 Å². The summed E-state index contributed by atoms with van der Waals surface area (Å²) in [7, 11) is 3.22. The summed E-state index contributed by atoms with van der Waals surface area (Å²) in [4.78, 5) is 12.4. The van der Waals surface area contributed by atoms with E-state index in [1.807, 2.05) is 18.2 Å². The Morgan fingerprint density at radius 3 is 2.83 bits per heavy atom. The van der Waals surface area contributed by atoms with Crippen LogP contribution in [-0.2, 0) is 4.79 Å². The number of benzene rings is 1. The number of ether oxygens (including phenoxy) is 2. The van der Waals surface area contributed by atoms with Gasteiger partial charge in [0.25, 0.3) is 0 Å². The Morgan fingerprint density at radius 2 is 2.17 bits per heavy atom. The van der Waals surface area contributed by atoms with E-state index in [1.54, 1.807) is 20.4 Å². The average Bonchev–Trinajstić information content (AvgIpc) is 3.20. The summed E-state index contributed by atoms with van der Waals surface area (Å²) in [6.07, 6.45) is 6.41. The predicted molar refractivity (Wildman–Crippen MR) is 88.8 cm³/mol. The zero-order valence-electron chi connectivity index (χ0n) is 14.0. The molecule has 2 aliphatic carbocycles. The fourth-order valence-electron chi connectivity index (χ4n) is 4.03. The Labute approximate surface area is 137 Å². The highest BCUT2D eigenvalue weighted by molar-refractivity contribution is 5.87. The van der Waals surface area contributed by atoms with Gasteiger partial charge in [0.05, 0.1) is 20.4 Å². The standard InChI is InChI=1S/C18H24N2O3/c1-18-9-5-4-6-14(18)16(18)17(21)20-19-11-12-10-13(22-2)7-8-15(12)23-3/h7-8,10-11,14,16H,4-6,9H2,1-3H3,(H,20,21)/b19-11-/t14-,16-,18-/m0/s1. The van der Waals surface area contributed by atoms with Crippen molar-refractivity contribution in [2.75, 3.05) is 14.2 Å². The first-order valence-electron chi connectivity index (χ1n) is 8.15. The van der Waals surface area contributed by atoms with Gasteiger partial charge in [0.2, 0.25) is 5.91 Å². The number of amides is 1. The van der Waals surface area contributed by atoms with Crippen molar-refractivity contribution in [3.8, 4) is 11.5 Å². The number of hydrogen-bond acceptors (Lipinski definition) is 4. The molecule has 23 heavy (non-hydrogen) atoms. The maximum Gasteiger partial charge on any atom is 0.244 e. The van der Waals surface area contributed by atoms with Crippen molar-refractivity contribution in [1.29, 1.82) is 0 Å². The summed E-state index contributed by atoms with van der Waals surface area (Å²) in [6.45, 7) is 2.23. The molecule has 2 fully saturated rings. The number of nitrogens with zero attached hydrogens (tertiary/aromatic N) is 1. The first-order valence-corrected chi connectivity index (χ1v) is 8.15. The molecular weight excluding hydrogens is 292 g/mol. The highest BCUT2D eigenvalue weighted by Crippen LogP contribution is 2.66. The first-order chi connectivity index (χ1) is 11.1. The van der Waals surface area contributed by atoms with Gasteiger partial charge >= 0.3 is 0 Å². The van der Waals surface area contributed by atoms with E-state index >= 15 is 0 Å². The van der Waals surface area contributed by atoms with Crippen LogP contribution >= 0.6 is 0 Å². The zero-order chi connectivity index (χ0) is 16.4. The number of rotatable bonds is 5. The molecule has 1 amide bonds. The van der Waals surface area contributed by atoms with Gasteiger partial charge < -0.3 is 9.47 Å². The van der Waals surface area contributed by atoms with Crippen LogP contribution in [0, 0.1) is 17.3 Å². The molecule has 3 rings (SSSR count). The first kappa shape index (κ1) is 15.8. The molecule has 5 nitrogen and oxygen atoms in total. The number of nitrogens with one attached hydrogen (secondary N) is 1. The molecule has 1 aromatic carbocycles. The second kappa shape index (κ2) is 6.22. The highest BCUT2D eigenvalue weighted by atomic mass is 16.5. The number of hydrogen-bond donors (Lipinski definition) is 1. The van der Waals surface area contributed by atoms with E-state index in [-0.39, 0.29) is 17.2 Å². The van der Waals surface area contributed by atoms with Gasteiger partial charge in [-0.05, 0) is 42.4 Å². The Bertz CT molecular complexity index is 629. The fraction of sp³-hybridized carbons (Fsp3) is 0.556. The van der Waals surface area contributed by atoms with Crippen LogP contribution in [0.1, 0.15) is 38.2 Å². The lowest BCUT2D eigenvalue weighted by Gasteiger charge is -2.15. The van der Waals surface area contributed by atoms with E-state index in [0.717, 1.165) is 17.7 Å². The third-order valence-electron chi connectivity index (χ3n) is 5.43. The molecule has 1 aromatic rings. The summed E-state index contributed by atoms with van der Waals surface area (Å²) in [5.74, 6) is 2.11. The third kappa shape index (κ3) is 2.92. The third-order valence-corrected chi connectivity index (χ3v) is 5.43. The minimum atomic E-state index is 0.0394. The van der Waals surface area contributed by atoms with Crippen molar-refractivity contribution in [2.24, 2.45) is 22.4 Å². The van der Waals surface area contributed by atoms with E-state index in [1.165, 1.54) is 19.3 Å². The van der Waals surface area contributed by atoms with Crippen LogP contribution < -0.4 is 14.9 Å². The maximum atomic E-state index is 12.4. The van der Waals surface area contributed by atoms with Gasteiger partial charge in [-0.25, -0.2) is 5.43 Å². The van der Waals surface area contributed by atoms with Gasteiger partial charge in [0.15, 0.2) is 0 Å². The zero-order valence-corrected chi connectivity index (χ0v) is 14.0. The van der Waals surface area contributed by atoms with Gasteiger partial charge in [0.1, 0.15) is 11.5 Å². The van der Waals surface area contributed by atoms with Crippen molar-refractivity contribution in [3.63, 3.8) is 0 Å². The molecule has 0 radical (unpaired) electrons. The van der Waals surface area contributed by atoms with E-state index < -0.39 is 0 Å². The molecule has 0 aliphatic heterocycles. The predicted octanol–water partition coefficient (Wildman–Crippen LogP) is 2.98. The topological polar surface area (TPSA) is 59.9 Å². The molecule has 3 atom stereocenters. The van der Waals surface area contributed by atoms with Crippen molar-refractivity contribution in [1.82, 2.24) is 5.43 Å². The second-order valence-electron chi connectivity index (χ2n) is 6.68. The normalized spacial score (nSPS) is 29.0. The molecule has 2 saturated carbocycles. The van der Waals surface area contributed by atoms with Crippen LogP contribution in [0.15, 0.2) is 23.3 Å². The smallest absolute Gasteiger partial charge is 0.244 e. The van der Waals surface area contributed by atoms with Crippen LogP contribution in [-0.4, -0.2) is 26.3 Å². The van der Waals surface area contributed by atoms with Gasteiger partial charge in [-0.15, -0.1) is 0 Å². The van der Waals surface area contributed by atoms with Crippen LogP contribution in [0.25, 0.3) is 0 Å². The molecule has 0 spiro atoms. The Balaban J connectivity index is 1.64. The Morgan fingerprint density at radius 1 is 1.35 bits per heavy atom. The van der Waals surface area contributed by atoms with Crippen LogP contribution in [0.2, 0.25) is 0 Å². The van der Waals surface area contributed by atoms with E-state index in [9.17, 15) is 4.79 Å². The summed E-state index contributed by atoms with van der Waals surface area (Å²) in [5.41, 5.74) is 3.67. The Kier molecular flexibility index (Phi) is 4.28. The minimum absolute atomic E-state index is 0.0394. The summed E-state index contributed by atoms with van der Waals surface area (Å²) in [5, 5.41) is 4.12. The molecule has 5 heteroatoms. The van der Waals surface area contributed by atoms with Crippen LogP contribution in [0.5, 0.6) is 11.5 Å². The molecule has 0 bridgehead atoms. The summed E-state index contributed by atoms with van der Waals surface area (Å²) < 4.78 is 10.5. The van der Waals surface area contributed by atoms with Crippen molar-refractivity contribution < 1.29 is 14.3 Å². The van der Waals surface area contributed by atoms with Crippen LogP contribution in [0.4, 0.5) is 0 Å². The number of fused-ring (bicyclic) bond motifs is 1. The highest BCUT2D eigenvalue weighted by Gasteiger charge is 2.64. The summed E-state index contributed by atoms with van der Waals surface area (Å²) >= 11 is 0. The van der Waals surface area contributed by atoms with Gasteiger partial charge in [-0.1, -0.05) is 19.8 Å². The second-order valence-corrected chi connectivity index (χ2v) is 6.68. The van der Waals surface area contributed by atoms with Crippen molar-refractivity contribution in [2.45, 2.75) is 32.6 Å². The Hall–Kier alpha value is -2.04. The molecule has 124 valence electrons. The molecule has 0 saturated heterocycles. The lowest BCUT2D eigenvalue weighted by atomic mass is 9.90. The fourth-order valence-corrected chi connectivity index (χ4v) is 4.03. The van der Waals surface area contributed by atoms with Crippen molar-refractivity contribution in [3.05, 3.63) is 23.8 Å². The van der Waals surface area contributed by atoms with Crippen molar-refractivity contribution >= 4 is 12.1 Å². The quantitative estimate of drug-likeness (QED) is 0.671.